The molecule has 2 aliphatic rings. The third-order valence-corrected chi connectivity index (χ3v) is 6.09. The van der Waals surface area contributed by atoms with Gasteiger partial charge in [-0.15, -0.1) is 0 Å². The third-order valence-electron chi connectivity index (χ3n) is 6.09. The summed E-state index contributed by atoms with van der Waals surface area (Å²) in [5.41, 5.74) is 12.2. The SMILES string of the molecule is CCc1ccccc1N1CCN([C@H]2Cc3cccc(N)c3C[C@@H]2O)CC1. The van der Waals surface area contributed by atoms with Gasteiger partial charge in [-0.1, -0.05) is 37.3 Å². The van der Waals surface area contributed by atoms with Crippen LogP contribution in [0.4, 0.5) is 11.4 Å². The number of hydrogen-bond donors (Lipinski definition) is 2. The molecule has 138 valence electrons. The summed E-state index contributed by atoms with van der Waals surface area (Å²) < 4.78 is 0. The first-order valence-electron chi connectivity index (χ1n) is 9.78. The van der Waals surface area contributed by atoms with Gasteiger partial charge in [-0.3, -0.25) is 4.90 Å². The number of para-hydroxylation sites is 1. The van der Waals surface area contributed by atoms with Crippen LogP contribution < -0.4 is 10.6 Å². The molecule has 0 aromatic heterocycles. The van der Waals surface area contributed by atoms with Gasteiger partial charge in [-0.25, -0.2) is 0 Å². The van der Waals surface area contributed by atoms with Crippen molar-refractivity contribution in [1.82, 2.24) is 4.90 Å². The predicted molar refractivity (Wildman–Crippen MR) is 108 cm³/mol. The van der Waals surface area contributed by atoms with Crippen molar-refractivity contribution in [2.24, 2.45) is 0 Å². The van der Waals surface area contributed by atoms with Crippen LogP contribution in [0.2, 0.25) is 0 Å². The van der Waals surface area contributed by atoms with Crippen molar-refractivity contribution in [3.8, 4) is 0 Å². The van der Waals surface area contributed by atoms with Crippen molar-refractivity contribution in [1.29, 1.82) is 0 Å². The van der Waals surface area contributed by atoms with E-state index in [1.54, 1.807) is 0 Å². The molecule has 0 spiro atoms. The van der Waals surface area contributed by atoms with Gasteiger partial charge in [0.25, 0.3) is 0 Å². The lowest BCUT2D eigenvalue weighted by atomic mass is 9.84. The number of fused-ring (bicyclic) bond motifs is 1. The largest absolute Gasteiger partial charge is 0.398 e. The van der Waals surface area contributed by atoms with Crippen LogP contribution in [0, 0.1) is 0 Å². The zero-order valence-corrected chi connectivity index (χ0v) is 15.6. The predicted octanol–water partition coefficient (Wildman–Crippen LogP) is 2.48. The normalized spacial score (nSPS) is 23.7. The van der Waals surface area contributed by atoms with E-state index in [2.05, 4.69) is 47.1 Å². The highest BCUT2D eigenvalue weighted by Crippen LogP contribution is 2.30. The topological polar surface area (TPSA) is 52.7 Å². The first-order valence-corrected chi connectivity index (χ1v) is 9.78. The Balaban J connectivity index is 1.45. The summed E-state index contributed by atoms with van der Waals surface area (Å²) >= 11 is 0. The van der Waals surface area contributed by atoms with Crippen molar-refractivity contribution in [3.63, 3.8) is 0 Å². The maximum Gasteiger partial charge on any atom is 0.0739 e. The molecule has 1 aliphatic heterocycles. The highest BCUT2D eigenvalue weighted by molar-refractivity contribution is 5.54. The number of rotatable bonds is 3. The lowest BCUT2D eigenvalue weighted by molar-refractivity contribution is 0.0396. The number of piperazine rings is 1. The minimum atomic E-state index is -0.332. The lowest BCUT2D eigenvalue weighted by Gasteiger charge is -2.44. The molecule has 1 fully saturated rings. The maximum absolute atomic E-state index is 10.7. The highest BCUT2D eigenvalue weighted by atomic mass is 16.3. The van der Waals surface area contributed by atoms with Crippen molar-refractivity contribution >= 4 is 11.4 Å². The Labute approximate surface area is 156 Å². The molecule has 4 heteroatoms. The Morgan fingerprint density at radius 2 is 1.77 bits per heavy atom. The Morgan fingerprint density at radius 1 is 1.00 bits per heavy atom. The molecule has 2 atom stereocenters. The van der Waals surface area contributed by atoms with Gasteiger partial charge in [0, 0.05) is 50.0 Å². The third kappa shape index (κ3) is 3.19. The zero-order chi connectivity index (χ0) is 18.1. The second kappa shape index (κ2) is 7.29. The highest BCUT2D eigenvalue weighted by Gasteiger charge is 2.34. The van der Waals surface area contributed by atoms with Gasteiger partial charge in [0.2, 0.25) is 0 Å². The molecule has 0 saturated carbocycles. The van der Waals surface area contributed by atoms with E-state index >= 15 is 0 Å². The van der Waals surface area contributed by atoms with Gasteiger partial charge in [0.1, 0.15) is 0 Å². The van der Waals surface area contributed by atoms with Gasteiger partial charge >= 0.3 is 0 Å². The smallest absolute Gasteiger partial charge is 0.0739 e. The molecule has 3 N–H and O–H groups in total. The molecule has 4 rings (SSSR count). The number of benzene rings is 2. The Hall–Kier alpha value is -2.04. The van der Waals surface area contributed by atoms with Crippen molar-refractivity contribution in [2.45, 2.75) is 38.3 Å². The van der Waals surface area contributed by atoms with Gasteiger partial charge < -0.3 is 15.7 Å². The van der Waals surface area contributed by atoms with E-state index in [0.29, 0.717) is 6.42 Å². The fraction of sp³-hybridized carbons (Fsp3) is 0.455. The Morgan fingerprint density at radius 3 is 2.54 bits per heavy atom. The lowest BCUT2D eigenvalue weighted by Crippen LogP contribution is -2.56. The monoisotopic (exact) mass is 351 g/mol. The van der Waals surface area contributed by atoms with E-state index in [4.69, 9.17) is 5.73 Å². The van der Waals surface area contributed by atoms with E-state index < -0.39 is 0 Å². The summed E-state index contributed by atoms with van der Waals surface area (Å²) in [6.45, 7) is 6.25. The van der Waals surface area contributed by atoms with E-state index in [-0.39, 0.29) is 12.1 Å². The zero-order valence-electron chi connectivity index (χ0n) is 15.6. The summed E-state index contributed by atoms with van der Waals surface area (Å²) in [6.07, 6.45) is 2.30. The van der Waals surface area contributed by atoms with Crippen LogP contribution in [0.3, 0.4) is 0 Å². The number of nitrogens with zero attached hydrogens (tertiary/aromatic N) is 2. The molecule has 0 amide bonds. The number of anilines is 2. The van der Waals surface area contributed by atoms with Crippen LogP contribution >= 0.6 is 0 Å². The second-order valence-corrected chi connectivity index (χ2v) is 7.53. The fourth-order valence-electron chi connectivity index (χ4n) is 4.59. The number of nitrogen functional groups attached to an aromatic ring is 1. The van der Waals surface area contributed by atoms with Crippen LogP contribution in [0.15, 0.2) is 42.5 Å². The molecule has 1 aliphatic carbocycles. The van der Waals surface area contributed by atoms with Crippen LogP contribution in [0.1, 0.15) is 23.6 Å². The molecule has 26 heavy (non-hydrogen) atoms. The average molecular weight is 351 g/mol. The molecule has 0 unspecified atom stereocenters. The van der Waals surface area contributed by atoms with Crippen molar-refractivity contribution in [3.05, 3.63) is 59.2 Å². The van der Waals surface area contributed by atoms with Crippen LogP contribution in [-0.4, -0.2) is 48.3 Å². The first-order chi connectivity index (χ1) is 12.7. The summed E-state index contributed by atoms with van der Waals surface area (Å²) in [5.74, 6) is 0. The molecular weight excluding hydrogens is 322 g/mol. The van der Waals surface area contributed by atoms with E-state index in [1.807, 2.05) is 12.1 Å². The summed E-state index contributed by atoms with van der Waals surface area (Å²) in [7, 11) is 0. The molecule has 1 saturated heterocycles. The number of aliphatic hydroxyl groups is 1. The molecule has 1 heterocycles. The van der Waals surface area contributed by atoms with Crippen LogP contribution in [-0.2, 0) is 19.3 Å². The number of aliphatic hydroxyl groups excluding tert-OH is 1. The Kier molecular flexibility index (Phi) is 4.88. The average Bonchev–Trinajstić information content (AvgIpc) is 2.68. The minimum Gasteiger partial charge on any atom is -0.398 e. The number of aryl methyl sites for hydroxylation is 1. The quantitative estimate of drug-likeness (QED) is 0.834. The first kappa shape index (κ1) is 17.4. The van der Waals surface area contributed by atoms with Gasteiger partial charge in [-0.05, 0) is 41.7 Å². The molecule has 2 aromatic rings. The molecule has 0 radical (unpaired) electrons. The van der Waals surface area contributed by atoms with Gasteiger partial charge in [0.05, 0.1) is 6.10 Å². The van der Waals surface area contributed by atoms with Crippen LogP contribution in [0.25, 0.3) is 0 Å². The fourth-order valence-corrected chi connectivity index (χ4v) is 4.59. The number of nitrogens with two attached hydrogens (primary N) is 1. The molecule has 2 aromatic carbocycles. The summed E-state index contributed by atoms with van der Waals surface area (Å²) in [5, 5.41) is 10.7. The van der Waals surface area contributed by atoms with Crippen LogP contribution in [0.5, 0.6) is 0 Å². The summed E-state index contributed by atoms with van der Waals surface area (Å²) in [6, 6.07) is 15.1. The van der Waals surface area contributed by atoms with Gasteiger partial charge in [-0.2, -0.15) is 0 Å². The van der Waals surface area contributed by atoms with Gasteiger partial charge in [0.15, 0.2) is 0 Å². The summed E-state index contributed by atoms with van der Waals surface area (Å²) in [4.78, 5) is 4.97. The van der Waals surface area contributed by atoms with E-state index in [9.17, 15) is 5.11 Å². The standard InChI is InChI=1S/C22H29N3O/c1-2-16-6-3-4-9-20(16)24-10-12-25(13-11-24)21-14-17-7-5-8-19(23)18(17)15-22(21)26/h3-9,21-22,26H,2,10-15,23H2,1H3/t21-,22-/m0/s1. The van der Waals surface area contributed by atoms with Crippen molar-refractivity contribution in [2.75, 3.05) is 36.8 Å². The number of hydrogen-bond acceptors (Lipinski definition) is 4. The minimum absolute atomic E-state index is 0.202. The second-order valence-electron chi connectivity index (χ2n) is 7.53. The van der Waals surface area contributed by atoms with Crippen molar-refractivity contribution < 1.29 is 5.11 Å². The Bertz CT molecular complexity index is 768. The molecule has 0 bridgehead atoms. The van der Waals surface area contributed by atoms with E-state index in [0.717, 1.165) is 50.3 Å². The molecular formula is C22H29N3O. The van der Waals surface area contributed by atoms with E-state index in [1.165, 1.54) is 16.8 Å². The molecule has 4 nitrogen and oxygen atoms in total. The maximum atomic E-state index is 10.7.